The van der Waals surface area contributed by atoms with E-state index in [4.69, 9.17) is 5.73 Å². The smallest absolute Gasteiger partial charge is 0.137 e. The highest BCUT2D eigenvalue weighted by Gasteiger charge is 2.13. The highest BCUT2D eigenvalue weighted by molar-refractivity contribution is 5.56. The SMILES string of the molecule is CCCN(C)c1nc(C(C)C)nc(N)c1C. The molecule has 0 saturated heterocycles. The van der Waals surface area contributed by atoms with Crippen molar-refractivity contribution in [2.75, 3.05) is 24.2 Å². The summed E-state index contributed by atoms with van der Waals surface area (Å²) in [5.41, 5.74) is 6.89. The predicted molar refractivity (Wildman–Crippen MR) is 68.8 cm³/mol. The van der Waals surface area contributed by atoms with Crippen molar-refractivity contribution in [3.05, 3.63) is 11.4 Å². The molecule has 4 heteroatoms. The molecule has 4 nitrogen and oxygen atoms in total. The molecule has 2 N–H and O–H groups in total. The molecule has 1 aromatic rings. The molecular formula is C12H22N4. The Kier molecular flexibility index (Phi) is 4.10. The van der Waals surface area contributed by atoms with Crippen LogP contribution in [0.3, 0.4) is 0 Å². The topological polar surface area (TPSA) is 55.0 Å². The average molecular weight is 222 g/mol. The summed E-state index contributed by atoms with van der Waals surface area (Å²) in [5, 5.41) is 0. The van der Waals surface area contributed by atoms with E-state index >= 15 is 0 Å². The lowest BCUT2D eigenvalue weighted by Gasteiger charge is -2.21. The summed E-state index contributed by atoms with van der Waals surface area (Å²) >= 11 is 0. The van der Waals surface area contributed by atoms with Crippen LogP contribution in [0.15, 0.2) is 0 Å². The van der Waals surface area contributed by atoms with Crippen molar-refractivity contribution in [1.29, 1.82) is 0 Å². The minimum Gasteiger partial charge on any atom is -0.383 e. The van der Waals surface area contributed by atoms with Gasteiger partial charge in [-0.2, -0.15) is 0 Å². The quantitative estimate of drug-likeness (QED) is 0.849. The van der Waals surface area contributed by atoms with Crippen molar-refractivity contribution in [3.8, 4) is 0 Å². The summed E-state index contributed by atoms with van der Waals surface area (Å²) in [7, 11) is 2.04. The van der Waals surface area contributed by atoms with E-state index in [1.165, 1.54) is 0 Å². The van der Waals surface area contributed by atoms with Gasteiger partial charge in [0.2, 0.25) is 0 Å². The Morgan fingerprint density at radius 3 is 2.44 bits per heavy atom. The second kappa shape index (κ2) is 5.14. The fourth-order valence-corrected chi connectivity index (χ4v) is 1.61. The number of rotatable bonds is 4. The number of aromatic nitrogens is 2. The number of anilines is 2. The molecular weight excluding hydrogens is 200 g/mol. The third kappa shape index (κ3) is 2.62. The number of hydrogen-bond donors (Lipinski definition) is 1. The highest BCUT2D eigenvalue weighted by Crippen LogP contribution is 2.23. The predicted octanol–water partition coefficient (Wildman–Crippen LogP) is 2.34. The number of hydrogen-bond acceptors (Lipinski definition) is 4. The van der Waals surface area contributed by atoms with Crippen LogP contribution < -0.4 is 10.6 Å². The summed E-state index contributed by atoms with van der Waals surface area (Å²) in [6.07, 6.45) is 1.09. The van der Waals surface area contributed by atoms with Gasteiger partial charge in [0.15, 0.2) is 0 Å². The van der Waals surface area contributed by atoms with E-state index in [9.17, 15) is 0 Å². The van der Waals surface area contributed by atoms with Gasteiger partial charge in [-0.3, -0.25) is 0 Å². The fourth-order valence-electron chi connectivity index (χ4n) is 1.61. The van der Waals surface area contributed by atoms with Crippen LogP contribution in [0.5, 0.6) is 0 Å². The first-order valence-electron chi connectivity index (χ1n) is 5.82. The van der Waals surface area contributed by atoms with Gasteiger partial charge in [0.25, 0.3) is 0 Å². The maximum absolute atomic E-state index is 5.92. The Hall–Kier alpha value is -1.32. The van der Waals surface area contributed by atoms with Crippen molar-refractivity contribution in [1.82, 2.24) is 9.97 Å². The third-order valence-electron chi connectivity index (χ3n) is 2.61. The van der Waals surface area contributed by atoms with Crippen molar-refractivity contribution >= 4 is 11.6 Å². The van der Waals surface area contributed by atoms with E-state index < -0.39 is 0 Å². The molecule has 90 valence electrons. The van der Waals surface area contributed by atoms with E-state index in [0.29, 0.717) is 11.7 Å². The van der Waals surface area contributed by atoms with Crippen LogP contribution in [0, 0.1) is 6.92 Å². The average Bonchev–Trinajstić information content (AvgIpc) is 2.21. The molecule has 0 saturated carbocycles. The van der Waals surface area contributed by atoms with Crippen LogP contribution in [-0.2, 0) is 0 Å². The molecule has 0 aliphatic heterocycles. The molecule has 0 atom stereocenters. The Morgan fingerprint density at radius 1 is 1.31 bits per heavy atom. The lowest BCUT2D eigenvalue weighted by molar-refractivity contribution is 0.756. The van der Waals surface area contributed by atoms with Crippen molar-refractivity contribution in [2.45, 2.75) is 40.0 Å². The number of nitrogens with two attached hydrogens (primary N) is 1. The van der Waals surface area contributed by atoms with Crippen molar-refractivity contribution in [2.24, 2.45) is 0 Å². The molecule has 0 fully saturated rings. The van der Waals surface area contributed by atoms with Gasteiger partial charge in [0.05, 0.1) is 0 Å². The van der Waals surface area contributed by atoms with Gasteiger partial charge in [-0.1, -0.05) is 20.8 Å². The molecule has 1 rings (SSSR count). The van der Waals surface area contributed by atoms with Gasteiger partial charge in [-0.25, -0.2) is 9.97 Å². The largest absolute Gasteiger partial charge is 0.383 e. The second-order valence-electron chi connectivity index (χ2n) is 4.49. The lowest BCUT2D eigenvalue weighted by atomic mass is 10.2. The van der Waals surface area contributed by atoms with E-state index in [1.54, 1.807) is 0 Å². The fraction of sp³-hybridized carbons (Fsp3) is 0.667. The minimum absolute atomic E-state index is 0.302. The molecule has 0 radical (unpaired) electrons. The van der Waals surface area contributed by atoms with E-state index in [0.717, 1.165) is 30.2 Å². The molecule has 0 spiro atoms. The maximum atomic E-state index is 5.92. The van der Waals surface area contributed by atoms with Crippen LogP contribution in [0.4, 0.5) is 11.6 Å². The van der Waals surface area contributed by atoms with E-state index in [-0.39, 0.29) is 0 Å². The lowest BCUT2D eigenvalue weighted by Crippen LogP contribution is -2.22. The zero-order valence-corrected chi connectivity index (χ0v) is 10.9. The van der Waals surface area contributed by atoms with Gasteiger partial charge in [-0.05, 0) is 13.3 Å². The van der Waals surface area contributed by atoms with Gasteiger partial charge in [0.1, 0.15) is 17.5 Å². The molecule has 0 aliphatic carbocycles. The molecule has 0 amide bonds. The summed E-state index contributed by atoms with van der Waals surface area (Å²) in [4.78, 5) is 11.0. The van der Waals surface area contributed by atoms with E-state index in [1.807, 2.05) is 14.0 Å². The zero-order chi connectivity index (χ0) is 12.3. The minimum atomic E-state index is 0.302. The molecule has 1 aromatic heterocycles. The van der Waals surface area contributed by atoms with E-state index in [2.05, 4.69) is 35.6 Å². The first kappa shape index (κ1) is 12.7. The third-order valence-corrected chi connectivity index (χ3v) is 2.61. The van der Waals surface area contributed by atoms with Gasteiger partial charge >= 0.3 is 0 Å². The Balaban J connectivity index is 3.16. The molecule has 16 heavy (non-hydrogen) atoms. The Labute approximate surface area is 97.9 Å². The standard InChI is InChI=1S/C12H22N4/c1-6-7-16(5)12-9(4)10(13)14-11(15-12)8(2)3/h8H,6-7H2,1-5H3,(H2,13,14,15). The van der Waals surface area contributed by atoms with Crippen LogP contribution >= 0.6 is 0 Å². The van der Waals surface area contributed by atoms with Gasteiger partial charge < -0.3 is 10.6 Å². The van der Waals surface area contributed by atoms with Crippen LogP contribution in [-0.4, -0.2) is 23.6 Å². The van der Waals surface area contributed by atoms with Crippen LogP contribution in [0.1, 0.15) is 44.5 Å². The zero-order valence-electron chi connectivity index (χ0n) is 10.9. The highest BCUT2D eigenvalue weighted by atomic mass is 15.2. The molecule has 0 unspecified atom stereocenters. The van der Waals surface area contributed by atoms with Crippen molar-refractivity contribution < 1.29 is 0 Å². The first-order chi connectivity index (χ1) is 7.47. The molecule has 1 heterocycles. The Morgan fingerprint density at radius 2 is 1.94 bits per heavy atom. The molecule has 0 aromatic carbocycles. The number of nitrogen functional groups attached to an aromatic ring is 1. The van der Waals surface area contributed by atoms with Crippen molar-refractivity contribution in [3.63, 3.8) is 0 Å². The summed E-state index contributed by atoms with van der Waals surface area (Å²) in [6.45, 7) is 9.26. The second-order valence-corrected chi connectivity index (χ2v) is 4.49. The molecule has 0 bridgehead atoms. The van der Waals surface area contributed by atoms with Crippen LogP contribution in [0.25, 0.3) is 0 Å². The number of nitrogens with zero attached hydrogens (tertiary/aromatic N) is 3. The van der Waals surface area contributed by atoms with Gasteiger partial charge in [-0.15, -0.1) is 0 Å². The Bertz CT molecular complexity index is 360. The molecule has 0 aliphatic rings. The van der Waals surface area contributed by atoms with Crippen LogP contribution in [0.2, 0.25) is 0 Å². The van der Waals surface area contributed by atoms with Gasteiger partial charge in [0, 0.05) is 25.1 Å². The first-order valence-corrected chi connectivity index (χ1v) is 5.82. The summed E-state index contributed by atoms with van der Waals surface area (Å²) in [5.74, 6) is 2.67. The monoisotopic (exact) mass is 222 g/mol. The normalized spacial score (nSPS) is 10.9. The summed E-state index contributed by atoms with van der Waals surface area (Å²) < 4.78 is 0. The summed E-state index contributed by atoms with van der Waals surface area (Å²) in [6, 6.07) is 0. The maximum Gasteiger partial charge on any atom is 0.137 e.